The van der Waals surface area contributed by atoms with E-state index in [-0.39, 0.29) is 5.91 Å². The van der Waals surface area contributed by atoms with Crippen LogP contribution in [0.15, 0.2) is 17.2 Å². The number of aromatic nitrogens is 1. The molecule has 1 amide bonds. The summed E-state index contributed by atoms with van der Waals surface area (Å²) < 4.78 is 13.7. The molecule has 1 aromatic heterocycles. The van der Waals surface area contributed by atoms with Crippen molar-refractivity contribution in [1.82, 2.24) is 15.3 Å². The van der Waals surface area contributed by atoms with E-state index in [4.69, 9.17) is 0 Å². The standard InChI is InChI=1S/C16H19FN4O/c1-4-5-21(3)8-13-14-9(2)18-12-7-10(17)6-11(15(12)14)16(22)20-19-13/h6-7,18H,4-5,8H2,1-3H3,(H,20,22). The number of carbonyl (C=O) groups excluding carboxylic acids is 1. The van der Waals surface area contributed by atoms with Gasteiger partial charge in [0.15, 0.2) is 0 Å². The lowest BCUT2D eigenvalue weighted by Gasteiger charge is -2.16. The van der Waals surface area contributed by atoms with Gasteiger partial charge in [-0.1, -0.05) is 6.92 Å². The predicted octanol–water partition coefficient (Wildman–Crippen LogP) is 2.40. The molecule has 2 heterocycles. The first-order valence-corrected chi connectivity index (χ1v) is 7.39. The molecule has 0 spiro atoms. The summed E-state index contributed by atoms with van der Waals surface area (Å²) in [7, 11) is 2.02. The van der Waals surface area contributed by atoms with Crippen molar-refractivity contribution in [1.29, 1.82) is 0 Å². The van der Waals surface area contributed by atoms with Crippen LogP contribution in [0.25, 0.3) is 10.9 Å². The first-order valence-electron chi connectivity index (χ1n) is 7.39. The average Bonchev–Trinajstić information content (AvgIpc) is 2.70. The number of benzene rings is 1. The van der Waals surface area contributed by atoms with Crippen LogP contribution in [-0.2, 0) is 0 Å². The Morgan fingerprint density at radius 2 is 2.14 bits per heavy atom. The van der Waals surface area contributed by atoms with E-state index in [1.165, 1.54) is 12.1 Å². The molecule has 2 N–H and O–H groups in total. The molecule has 116 valence electrons. The Morgan fingerprint density at radius 1 is 1.36 bits per heavy atom. The van der Waals surface area contributed by atoms with Crippen LogP contribution in [0.3, 0.4) is 0 Å². The highest BCUT2D eigenvalue weighted by atomic mass is 19.1. The summed E-state index contributed by atoms with van der Waals surface area (Å²) in [5.41, 5.74) is 6.06. The summed E-state index contributed by atoms with van der Waals surface area (Å²) in [6.07, 6.45) is 1.04. The number of aromatic amines is 1. The fourth-order valence-electron chi connectivity index (χ4n) is 3.03. The van der Waals surface area contributed by atoms with Gasteiger partial charge in [0.05, 0.1) is 11.3 Å². The maximum absolute atomic E-state index is 13.7. The van der Waals surface area contributed by atoms with Gasteiger partial charge in [0, 0.05) is 28.7 Å². The first kappa shape index (κ1) is 14.7. The van der Waals surface area contributed by atoms with Gasteiger partial charge in [0.2, 0.25) is 0 Å². The number of hydrogen-bond acceptors (Lipinski definition) is 3. The van der Waals surface area contributed by atoms with Crippen molar-refractivity contribution < 1.29 is 9.18 Å². The zero-order chi connectivity index (χ0) is 15.9. The van der Waals surface area contributed by atoms with Crippen molar-refractivity contribution in [3.8, 4) is 0 Å². The predicted molar refractivity (Wildman–Crippen MR) is 84.8 cm³/mol. The van der Waals surface area contributed by atoms with Gasteiger partial charge in [-0.3, -0.25) is 4.79 Å². The quantitative estimate of drug-likeness (QED) is 0.911. The topological polar surface area (TPSA) is 60.5 Å². The maximum atomic E-state index is 13.7. The zero-order valence-electron chi connectivity index (χ0n) is 13.0. The third-order valence-corrected chi connectivity index (χ3v) is 3.90. The molecule has 0 unspecified atom stereocenters. The van der Waals surface area contributed by atoms with E-state index in [1.807, 2.05) is 14.0 Å². The highest BCUT2D eigenvalue weighted by Gasteiger charge is 2.25. The van der Waals surface area contributed by atoms with Gasteiger partial charge in [-0.05, 0) is 39.1 Å². The second kappa shape index (κ2) is 5.53. The average molecular weight is 302 g/mol. The van der Waals surface area contributed by atoms with Crippen LogP contribution < -0.4 is 5.43 Å². The van der Waals surface area contributed by atoms with Crippen LogP contribution in [0.4, 0.5) is 4.39 Å². The normalized spacial score (nSPS) is 14.2. The highest BCUT2D eigenvalue weighted by Crippen LogP contribution is 2.29. The lowest BCUT2D eigenvalue weighted by atomic mass is 10.0. The molecule has 0 saturated heterocycles. The highest BCUT2D eigenvalue weighted by molar-refractivity contribution is 6.20. The Kier molecular flexibility index (Phi) is 3.70. The minimum atomic E-state index is -0.433. The SMILES string of the molecule is CCCN(C)CC1=NNC(=O)c2cc(F)cc3[nH]c(C)c1c23. The third kappa shape index (κ3) is 2.39. The van der Waals surface area contributed by atoms with Crippen molar-refractivity contribution in [2.24, 2.45) is 5.10 Å². The molecule has 1 aliphatic heterocycles. The summed E-state index contributed by atoms with van der Waals surface area (Å²) in [6.45, 7) is 5.60. The first-order chi connectivity index (χ1) is 10.5. The van der Waals surface area contributed by atoms with E-state index in [0.29, 0.717) is 17.6 Å². The molecule has 0 saturated carbocycles. The van der Waals surface area contributed by atoms with Gasteiger partial charge in [-0.2, -0.15) is 5.10 Å². The summed E-state index contributed by atoms with van der Waals surface area (Å²) in [6, 6.07) is 2.68. The van der Waals surface area contributed by atoms with E-state index < -0.39 is 5.82 Å². The number of carbonyl (C=O) groups is 1. The molecule has 2 aromatic rings. The van der Waals surface area contributed by atoms with Gasteiger partial charge in [-0.15, -0.1) is 0 Å². The van der Waals surface area contributed by atoms with Crippen molar-refractivity contribution in [2.75, 3.05) is 20.1 Å². The second-order valence-corrected chi connectivity index (χ2v) is 5.74. The maximum Gasteiger partial charge on any atom is 0.272 e. The molecular weight excluding hydrogens is 283 g/mol. The number of hydrogen-bond donors (Lipinski definition) is 2. The lowest BCUT2D eigenvalue weighted by molar-refractivity contribution is 0.0956. The molecule has 6 heteroatoms. The van der Waals surface area contributed by atoms with E-state index in [0.717, 1.165) is 35.3 Å². The van der Waals surface area contributed by atoms with Gasteiger partial charge in [-0.25, -0.2) is 9.82 Å². The Bertz CT molecular complexity index is 778. The fraction of sp³-hybridized carbons (Fsp3) is 0.375. The number of amides is 1. The van der Waals surface area contributed by atoms with E-state index in [1.54, 1.807) is 0 Å². The van der Waals surface area contributed by atoms with Crippen LogP contribution >= 0.6 is 0 Å². The lowest BCUT2D eigenvalue weighted by Crippen LogP contribution is -2.29. The molecule has 22 heavy (non-hydrogen) atoms. The Labute approximate surface area is 128 Å². The van der Waals surface area contributed by atoms with E-state index in [9.17, 15) is 9.18 Å². The largest absolute Gasteiger partial charge is 0.358 e. The van der Waals surface area contributed by atoms with Crippen molar-refractivity contribution >= 4 is 22.5 Å². The molecule has 0 bridgehead atoms. The Hall–Kier alpha value is -2.21. The van der Waals surface area contributed by atoms with Crippen LogP contribution in [0, 0.1) is 12.7 Å². The van der Waals surface area contributed by atoms with Crippen molar-refractivity contribution in [2.45, 2.75) is 20.3 Å². The van der Waals surface area contributed by atoms with Crippen molar-refractivity contribution in [3.05, 3.63) is 34.8 Å². The Balaban J connectivity index is 2.17. The van der Waals surface area contributed by atoms with Crippen LogP contribution in [0.1, 0.15) is 35.0 Å². The number of nitrogens with one attached hydrogen (secondary N) is 2. The molecule has 0 radical (unpaired) electrons. The van der Waals surface area contributed by atoms with Gasteiger partial charge in [0.25, 0.3) is 5.91 Å². The molecule has 5 nitrogen and oxygen atoms in total. The van der Waals surface area contributed by atoms with Gasteiger partial charge < -0.3 is 9.88 Å². The minimum absolute atomic E-state index is 0.325. The summed E-state index contributed by atoms with van der Waals surface area (Å²) in [5, 5.41) is 5.01. The third-order valence-electron chi connectivity index (χ3n) is 3.90. The molecule has 0 fully saturated rings. The van der Waals surface area contributed by atoms with Crippen LogP contribution in [0.2, 0.25) is 0 Å². The minimum Gasteiger partial charge on any atom is -0.358 e. The van der Waals surface area contributed by atoms with Crippen molar-refractivity contribution in [3.63, 3.8) is 0 Å². The number of hydrazone groups is 1. The zero-order valence-corrected chi connectivity index (χ0v) is 13.0. The molecule has 1 aromatic carbocycles. The van der Waals surface area contributed by atoms with Crippen LogP contribution in [-0.4, -0.2) is 41.6 Å². The number of aryl methyl sites for hydroxylation is 1. The Morgan fingerprint density at radius 3 is 2.86 bits per heavy atom. The van der Waals surface area contributed by atoms with Crippen LogP contribution in [0.5, 0.6) is 0 Å². The monoisotopic (exact) mass is 302 g/mol. The fourth-order valence-corrected chi connectivity index (χ4v) is 3.03. The molecular formula is C16H19FN4O. The summed E-state index contributed by atoms with van der Waals surface area (Å²) in [4.78, 5) is 17.5. The van der Waals surface area contributed by atoms with E-state index >= 15 is 0 Å². The van der Waals surface area contributed by atoms with Gasteiger partial charge in [0.1, 0.15) is 5.82 Å². The summed E-state index contributed by atoms with van der Waals surface area (Å²) >= 11 is 0. The number of nitrogens with zero attached hydrogens (tertiary/aromatic N) is 2. The molecule has 3 rings (SSSR count). The van der Waals surface area contributed by atoms with Gasteiger partial charge >= 0.3 is 0 Å². The second-order valence-electron chi connectivity index (χ2n) is 5.74. The number of halogens is 1. The molecule has 0 aliphatic carbocycles. The number of rotatable bonds is 4. The summed E-state index contributed by atoms with van der Waals surface area (Å²) in [5.74, 6) is -0.810. The molecule has 1 aliphatic rings. The smallest absolute Gasteiger partial charge is 0.272 e. The number of H-pyrrole nitrogens is 1. The van der Waals surface area contributed by atoms with E-state index in [2.05, 4.69) is 27.3 Å². The molecule has 0 atom stereocenters. The number of likely N-dealkylation sites (N-methyl/N-ethyl adjacent to an activating group) is 1.